The zero-order valence-corrected chi connectivity index (χ0v) is 17.4. The lowest BCUT2D eigenvalue weighted by Gasteiger charge is -2.29. The molecule has 2 aliphatic rings. The predicted molar refractivity (Wildman–Crippen MR) is 118 cm³/mol. The van der Waals surface area contributed by atoms with Crippen LogP contribution in [0.4, 0.5) is 0 Å². The maximum Gasteiger partial charge on any atom is 0.255 e. The highest BCUT2D eigenvalue weighted by Crippen LogP contribution is 2.30. The van der Waals surface area contributed by atoms with E-state index in [1.807, 2.05) is 48.8 Å². The minimum Gasteiger partial charge on any atom is -0.322 e. The molecule has 1 saturated heterocycles. The van der Waals surface area contributed by atoms with Crippen LogP contribution in [-0.2, 0) is 16.1 Å². The van der Waals surface area contributed by atoms with Gasteiger partial charge in [0.1, 0.15) is 11.7 Å². The molecule has 2 aliphatic heterocycles. The summed E-state index contributed by atoms with van der Waals surface area (Å²) < 4.78 is 1.68. The molecule has 2 aromatic carbocycles. The molecule has 2 aromatic heterocycles. The van der Waals surface area contributed by atoms with E-state index in [4.69, 9.17) is 0 Å². The standard InChI is InChI=1S/C24H18N6O3/c31-22-7-6-21(23(32)26-22)29-12-15-10-16(4-5-18(15)24(29)33)30-13-20(27-28-30)19-3-1-2-14-11-25-9-8-17(14)19/h1-5,8-11,13,21H,6-7,12H2,(H,26,31,32). The molecule has 1 atom stereocenters. The zero-order valence-electron chi connectivity index (χ0n) is 17.4. The van der Waals surface area contributed by atoms with Gasteiger partial charge in [-0.05, 0) is 41.6 Å². The van der Waals surface area contributed by atoms with Crippen LogP contribution in [0.1, 0.15) is 28.8 Å². The van der Waals surface area contributed by atoms with Gasteiger partial charge in [0, 0.05) is 41.9 Å². The molecule has 33 heavy (non-hydrogen) atoms. The smallest absolute Gasteiger partial charge is 0.255 e. The molecule has 9 nitrogen and oxygen atoms in total. The fourth-order valence-electron chi connectivity index (χ4n) is 4.56. The van der Waals surface area contributed by atoms with Crippen molar-refractivity contribution in [2.45, 2.75) is 25.4 Å². The van der Waals surface area contributed by atoms with Crippen molar-refractivity contribution in [1.29, 1.82) is 0 Å². The largest absolute Gasteiger partial charge is 0.322 e. The van der Waals surface area contributed by atoms with Crippen LogP contribution in [0.25, 0.3) is 27.7 Å². The van der Waals surface area contributed by atoms with E-state index in [2.05, 4.69) is 20.6 Å². The minimum absolute atomic E-state index is 0.199. The van der Waals surface area contributed by atoms with Crippen LogP contribution < -0.4 is 5.32 Å². The van der Waals surface area contributed by atoms with Gasteiger partial charge in [0.2, 0.25) is 11.8 Å². The van der Waals surface area contributed by atoms with Gasteiger partial charge in [-0.2, -0.15) is 0 Å². The molecule has 9 heteroatoms. The first-order chi connectivity index (χ1) is 16.1. The Morgan fingerprint density at radius 1 is 1.03 bits per heavy atom. The Morgan fingerprint density at radius 2 is 1.94 bits per heavy atom. The van der Waals surface area contributed by atoms with E-state index in [1.54, 1.807) is 16.9 Å². The van der Waals surface area contributed by atoms with Gasteiger partial charge in [-0.15, -0.1) is 5.10 Å². The van der Waals surface area contributed by atoms with Gasteiger partial charge in [0.15, 0.2) is 0 Å². The summed E-state index contributed by atoms with van der Waals surface area (Å²) in [5, 5.41) is 13.0. The van der Waals surface area contributed by atoms with E-state index < -0.39 is 11.9 Å². The Balaban J connectivity index is 1.30. The second-order valence-corrected chi connectivity index (χ2v) is 8.19. The second kappa shape index (κ2) is 7.33. The van der Waals surface area contributed by atoms with E-state index in [0.717, 1.165) is 33.3 Å². The number of aromatic nitrogens is 4. The SMILES string of the molecule is O=C1CCC(N2Cc3cc(-n4cc(-c5cccc6cnccc56)nn4)ccc3C2=O)C(=O)N1. The number of pyridine rings is 1. The Kier molecular flexibility index (Phi) is 4.29. The third kappa shape index (κ3) is 3.16. The Bertz CT molecular complexity index is 1450. The quantitative estimate of drug-likeness (QED) is 0.491. The van der Waals surface area contributed by atoms with Gasteiger partial charge < -0.3 is 4.90 Å². The number of carbonyl (C=O) groups is 3. The van der Waals surface area contributed by atoms with Crippen LogP contribution in [0, 0.1) is 0 Å². The first kappa shape index (κ1) is 19.3. The van der Waals surface area contributed by atoms with Gasteiger partial charge in [-0.25, -0.2) is 4.68 Å². The Labute approximate surface area is 188 Å². The van der Waals surface area contributed by atoms with Crippen molar-refractivity contribution < 1.29 is 14.4 Å². The number of fused-ring (bicyclic) bond motifs is 2. The van der Waals surface area contributed by atoms with E-state index in [1.165, 1.54) is 4.90 Å². The highest BCUT2D eigenvalue weighted by molar-refractivity contribution is 6.05. The van der Waals surface area contributed by atoms with Gasteiger partial charge >= 0.3 is 0 Å². The topological polar surface area (TPSA) is 110 Å². The van der Waals surface area contributed by atoms with Crippen molar-refractivity contribution in [1.82, 2.24) is 30.2 Å². The van der Waals surface area contributed by atoms with E-state index >= 15 is 0 Å². The van der Waals surface area contributed by atoms with Crippen LogP contribution in [0.15, 0.2) is 61.1 Å². The van der Waals surface area contributed by atoms with Gasteiger partial charge in [0.25, 0.3) is 5.91 Å². The summed E-state index contributed by atoms with van der Waals surface area (Å²) in [4.78, 5) is 42.3. The summed E-state index contributed by atoms with van der Waals surface area (Å²) in [5.41, 5.74) is 3.84. The van der Waals surface area contributed by atoms with Crippen molar-refractivity contribution in [2.75, 3.05) is 0 Å². The summed E-state index contributed by atoms with van der Waals surface area (Å²) in [6, 6.07) is 12.7. The van der Waals surface area contributed by atoms with Gasteiger partial charge in [0.05, 0.1) is 11.9 Å². The maximum absolute atomic E-state index is 12.9. The number of amides is 3. The second-order valence-electron chi connectivity index (χ2n) is 8.19. The lowest BCUT2D eigenvalue weighted by atomic mass is 10.0. The summed E-state index contributed by atoms with van der Waals surface area (Å²) in [6.45, 7) is 0.312. The number of piperidine rings is 1. The van der Waals surface area contributed by atoms with Gasteiger partial charge in [-0.3, -0.25) is 24.7 Å². The molecule has 1 N–H and O–H groups in total. The maximum atomic E-state index is 12.9. The number of rotatable bonds is 3. The van der Waals surface area contributed by atoms with E-state index in [0.29, 0.717) is 18.5 Å². The van der Waals surface area contributed by atoms with E-state index in [-0.39, 0.29) is 18.2 Å². The van der Waals surface area contributed by atoms with Gasteiger partial charge in [-0.1, -0.05) is 23.4 Å². The molecular weight excluding hydrogens is 420 g/mol. The molecule has 3 amide bonds. The molecule has 0 bridgehead atoms. The third-order valence-corrected chi connectivity index (χ3v) is 6.22. The van der Waals surface area contributed by atoms with Crippen LogP contribution in [0.5, 0.6) is 0 Å². The van der Waals surface area contributed by atoms with Crippen molar-refractivity contribution >= 4 is 28.5 Å². The number of carbonyl (C=O) groups excluding carboxylic acids is 3. The average molecular weight is 438 g/mol. The first-order valence-electron chi connectivity index (χ1n) is 10.6. The normalized spacial score (nSPS) is 18.0. The molecular formula is C24H18N6O3. The summed E-state index contributed by atoms with van der Waals surface area (Å²) >= 11 is 0. The zero-order chi connectivity index (χ0) is 22.5. The van der Waals surface area contributed by atoms with Crippen molar-refractivity contribution in [3.05, 3.63) is 72.2 Å². The molecule has 4 heterocycles. The number of hydrogen-bond donors (Lipinski definition) is 1. The minimum atomic E-state index is -0.634. The number of benzene rings is 2. The molecule has 4 aromatic rings. The molecule has 0 aliphatic carbocycles. The molecule has 1 unspecified atom stereocenters. The van der Waals surface area contributed by atoms with Crippen molar-refractivity contribution in [3.63, 3.8) is 0 Å². The summed E-state index contributed by atoms with van der Waals surface area (Å²) in [5.74, 6) is -0.916. The molecule has 6 rings (SSSR count). The number of hydrogen-bond acceptors (Lipinski definition) is 6. The highest BCUT2D eigenvalue weighted by Gasteiger charge is 2.39. The molecule has 0 radical (unpaired) electrons. The first-order valence-corrected chi connectivity index (χ1v) is 10.6. The molecule has 0 spiro atoms. The number of imide groups is 1. The summed E-state index contributed by atoms with van der Waals surface area (Å²) in [6.07, 6.45) is 5.99. The van der Waals surface area contributed by atoms with Crippen LogP contribution in [0.2, 0.25) is 0 Å². The molecule has 1 fully saturated rings. The predicted octanol–water partition coefficient (Wildman–Crippen LogP) is 2.24. The summed E-state index contributed by atoms with van der Waals surface area (Å²) in [7, 11) is 0. The molecule has 0 saturated carbocycles. The van der Waals surface area contributed by atoms with E-state index in [9.17, 15) is 14.4 Å². The van der Waals surface area contributed by atoms with Crippen LogP contribution in [0.3, 0.4) is 0 Å². The highest BCUT2D eigenvalue weighted by atomic mass is 16.2. The fourth-order valence-corrected chi connectivity index (χ4v) is 4.56. The van der Waals surface area contributed by atoms with Crippen molar-refractivity contribution in [3.8, 4) is 16.9 Å². The lowest BCUT2D eigenvalue weighted by molar-refractivity contribution is -0.136. The fraction of sp³-hybridized carbons (Fsp3) is 0.167. The lowest BCUT2D eigenvalue weighted by Crippen LogP contribution is -2.52. The number of nitrogens with zero attached hydrogens (tertiary/aromatic N) is 5. The molecule has 162 valence electrons. The average Bonchev–Trinajstić information content (AvgIpc) is 3.44. The number of nitrogens with one attached hydrogen (secondary N) is 1. The Hall–Kier alpha value is -4.40. The third-order valence-electron chi connectivity index (χ3n) is 6.22. The van der Waals surface area contributed by atoms with Crippen LogP contribution in [-0.4, -0.2) is 48.6 Å². The monoisotopic (exact) mass is 438 g/mol. The Morgan fingerprint density at radius 3 is 2.82 bits per heavy atom. The van der Waals surface area contributed by atoms with Crippen molar-refractivity contribution in [2.24, 2.45) is 0 Å². The van der Waals surface area contributed by atoms with Crippen LogP contribution >= 0.6 is 0 Å².